The van der Waals surface area contributed by atoms with Gasteiger partial charge in [0, 0.05) is 62.5 Å². The lowest BCUT2D eigenvalue weighted by Crippen LogP contribution is -2.40. The Bertz CT molecular complexity index is 814. The van der Waals surface area contributed by atoms with Crippen LogP contribution in [0.2, 0.25) is 0 Å². The van der Waals surface area contributed by atoms with Gasteiger partial charge in [0.25, 0.3) is 5.91 Å². The second kappa shape index (κ2) is 7.36. The lowest BCUT2D eigenvalue weighted by molar-refractivity contribution is -0.130. The fourth-order valence-electron chi connectivity index (χ4n) is 4.16. The van der Waals surface area contributed by atoms with E-state index >= 15 is 0 Å². The van der Waals surface area contributed by atoms with Crippen molar-refractivity contribution in [1.82, 2.24) is 19.8 Å². The second-order valence-corrected chi connectivity index (χ2v) is 8.30. The van der Waals surface area contributed by atoms with Gasteiger partial charge < -0.3 is 14.9 Å². The summed E-state index contributed by atoms with van der Waals surface area (Å²) in [5, 5.41) is 12.0. The Hall–Kier alpha value is -2.32. The molecule has 2 atom stereocenters. The summed E-state index contributed by atoms with van der Waals surface area (Å²) in [5.41, 5.74) is 0.393. The summed E-state index contributed by atoms with van der Waals surface area (Å²) in [5.74, 6) is 0.207. The van der Waals surface area contributed by atoms with Gasteiger partial charge in [-0.15, -0.1) is 11.3 Å². The number of thiophene rings is 1. The van der Waals surface area contributed by atoms with Gasteiger partial charge >= 0.3 is 0 Å². The molecule has 8 heteroatoms. The third-order valence-corrected chi connectivity index (χ3v) is 6.52. The standard InChI is InChI=1S/C19H22N4O3S/c24-13-19-11-22(17(25)4-3-15-8-20-5-6-21-15)9-14(19)10-23(12-19)18(26)16-2-1-7-27-16/h1-2,5-8,14,24H,3-4,9-13H2. The van der Waals surface area contributed by atoms with E-state index in [2.05, 4.69) is 9.97 Å². The molecule has 0 radical (unpaired) electrons. The minimum atomic E-state index is -0.408. The molecule has 2 aliphatic heterocycles. The number of fused-ring (bicyclic) bond motifs is 1. The molecule has 2 amide bonds. The fourth-order valence-corrected chi connectivity index (χ4v) is 4.85. The lowest BCUT2D eigenvalue weighted by Gasteiger charge is -2.27. The molecule has 0 aromatic carbocycles. The molecule has 7 nitrogen and oxygen atoms in total. The molecule has 2 saturated heterocycles. The van der Waals surface area contributed by atoms with E-state index in [1.165, 1.54) is 11.3 Å². The number of amides is 2. The van der Waals surface area contributed by atoms with Crippen LogP contribution in [0.5, 0.6) is 0 Å². The first-order valence-corrected chi connectivity index (χ1v) is 9.95. The van der Waals surface area contributed by atoms with Gasteiger partial charge in [-0.25, -0.2) is 0 Å². The highest BCUT2D eigenvalue weighted by atomic mass is 32.1. The predicted octanol–water partition coefficient (Wildman–Crippen LogP) is 1.06. The molecule has 2 aromatic heterocycles. The molecule has 142 valence electrons. The van der Waals surface area contributed by atoms with Crippen molar-refractivity contribution >= 4 is 23.2 Å². The van der Waals surface area contributed by atoms with Crippen molar-refractivity contribution in [3.8, 4) is 0 Å². The Kier molecular flexibility index (Phi) is 4.92. The zero-order valence-electron chi connectivity index (χ0n) is 15.0. The molecular formula is C19H22N4O3S. The normalized spacial score (nSPS) is 24.3. The predicted molar refractivity (Wildman–Crippen MR) is 100 cm³/mol. The van der Waals surface area contributed by atoms with Gasteiger partial charge in [0.05, 0.1) is 17.2 Å². The van der Waals surface area contributed by atoms with Gasteiger partial charge in [-0.05, 0) is 17.9 Å². The Morgan fingerprint density at radius 2 is 2.07 bits per heavy atom. The van der Waals surface area contributed by atoms with Crippen LogP contribution in [0.15, 0.2) is 36.1 Å². The number of hydrogen-bond donors (Lipinski definition) is 1. The number of carbonyl (C=O) groups is 2. The minimum Gasteiger partial charge on any atom is -0.396 e. The van der Waals surface area contributed by atoms with Gasteiger partial charge in [0.2, 0.25) is 5.91 Å². The number of nitrogens with zero attached hydrogens (tertiary/aromatic N) is 4. The SMILES string of the molecule is O=C(CCc1cnccn1)N1CC2CN(C(=O)c3cccs3)CC2(CO)C1. The summed E-state index contributed by atoms with van der Waals surface area (Å²) in [6, 6.07) is 3.70. The van der Waals surface area contributed by atoms with Crippen molar-refractivity contribution in [2.75, 3.05) is 32.8 Å². The zero-order valence-corrected chi connectivity index (χ0v) is 15.8. The van der Waals surface area contributed by atoms with Crippen molar-refractivity contribution in [2.45, 2.75) is 12.8 Å². The Balaban J connectivity index is 1.38. The molecule has 2 aromatic rings. The quantitative estimate of drug-likeness (QED) is 0.831. The van der Waals surface area contributed by atoms with E-state index in [9.17, 15) is 14.7 Å². The molecule has 27 heavy (non-hydrogen) atoms. The topological polar surface area (TPSA) is 86.6 Å². The van der Waals surface area contributed by atoms with Crippen LogP contribution in [0.1, 0.15) is 21.8 Å². The second-order valence-electron chi connectivity index (χ2n) is 7.35. The van der Waals surface area contributed by atoms with Crippen LogP contribution in [-0.4, -0.2) is 69.5 Å². The van der Waals surface area contributed by atoms with Crippen molar-refractivity contribution in [3.05, 3.63) is 46.7 Å². The third-order valence-electron chi connectivity index (χ3n) is 5.66. The maximum Gasteiger partial charge on any atom is 0.263 e. The number of carbonyl (C=O) groups excluding carboxylic acids is 2. The molecule has 2 fully saturated rings. The number of aliphatic hydroxyl groups is 1. The van der Waals surface area contributed by atoms with Crippen molar-refractivity contribution in [3.63, 3.8) is 0 Å². The van der Waals surface area contributed by atoms with Crippen molar-refractivity contribution in [1.29, 1.82) is 0 Å². The molecule has 1 N–H and O–H groups in total. The van der Waals surface area contributed by atoms with E-state index < -0.39 is 5.41 Å². The molecule has 4 rings (SSSR count). The van der Waals surface area contributed by atoms with Gasteiger partial charge in [0.1, 0.15) is 0 Å². The minimum absolute atomic E-state index is 0.0141. The van der Waals surface area contributed by atoms with Crippen molar-refractivity contribution < 1.29 is 14.7 Å². The number of rotatable bonds is 5. The number of likely N-dealkylation sites (tertiary alicyclic amines) is 2. The Morgan fingerprint density at radius 1 is 1.26 bits per heavy atom. The number of aromatic nitrogens is 2. The number of aryl methyl sites for hydroxylation is 1. The molecular weight excluding hydrogens is 364 g/mol. The molecule has 0 saturated carbocycles. The van der Waals surface area contributed by atoms with Crippen molar-refractivity contribution in [2.24, 2.45) is 11.3 Å². The fraction of sp³-hybridized carbons (Fsp3) is 0.474. The van der Waals surface area contributed by atoms with Gasteiger partial charge in [-0.3, -0.25) is 19.6 Å². The highest BCUT2D eigenvalue weighted by Crippen LogP contribution is 2.43. The first kappa shape index (κ1) is 18.1. The maximum atomic E-state index is 12.6. The molecule has 2 aliphatic rings. The number of aliphatic hydroxyl groups excluding tert-OH is 1. The van der Waals surface area contributed by atoms with Crippen LogP contribution < -0.4 is 0 Å². The summed E-state index contributed by atoms with van der Waals surface area (Å²) in [7, 11) is 0. The van der Waals surface area contributed by atoms with Gasteiger partial charge in [-0.2, -0.15) is 0 Å². The first-order valence-electron chi connectivity index (χ1n) is 9.07. The molecule has 4 heterocycles. The van der Waals surface area contributed by atoms with Crippen LogP contribution in [0.25, 0.3) is 0 Å². The Morgan fingerprint density at radius 3 is 2.74 bits per heavy atom. The summed E-state index contributed by atoms with van der Waals surface area (Å²) >= 11 is 1.43. The largest absolute Gasteiger partial charge is 0.396 e. The van der Waals surface area contributed by atoms with Gasteiger partial charge in [-0.1, -0.05) is 6.07 Å². The van der Waals surface area contributed by atoms with E-state index in [0.29, 0.717) is 39.0 Å². The Labute approximate surface area is 161 Å². The summed E-state index contributed by atoms with van der Waals surface area (Å²) in [6.45, 7) is 2.17. The average Bonchev–Trinajstić information content (AvgIpc) is 3.40. The van der Waals surface area contributed by atoms with Gasteiger partial charge in [0.15, 0.2) is 0 Å². The lowest BCUT2D eigenvalue weighted by atomic mass is 9.82. The van der Waals surface area contributed by atoms with Crippen LogP contribution >= 0.6 is 11.3 Å². The monoisotopic (exact) mass is 386 g/mol. The molecule has 0 bridgehead atoms. The van der Waals surface area contributed by atoms with Crippen LogP contribution in [0, 0.1) is 11.3 Å². The average molecular weight is 386 g/mol. The van der Waals surface area contributed by atoms with E-state index in [4.69, 9.17) is 0 Å². The maximum absolute atomic E-state index is 12.6. The number of hydrogen-bond acceptors (Lipinski definition) is 6. The molecule has 0 aliphatic carbocycles. The third kappa shape index (κ3) is 3.46. The summed E-state index contributed by atoms with van der Waals surface area (Å²) in [6.07, 6.45) is 5.85. The smallest absolute Gasteiger partial charge is 0.263 e. The van der Waals surface area contributed by atoms with E-state index in [1.807, 2.05) is 27.3 Å². The molecule has 0 spiro atoms. The van der Waals surface area contributed by atoms with Crippen LogP contribution in [0.4, 0.5) is 0 Å². The van der Waals surface area contributed by atoms with E-state index in [-0.39, 0.29) is 24.3 Å². The highest BCUT2D eigenvalue weighted by molar-refractivity contribution is 7.12. The van der Waals surface area contributed by atoms with E-state index in [0.717, 1.165) is 10.6 Å². The first-order chi connectivity index (χ1) is 13.1. The van der Waals surface area contributed by atoms with Crippen LogP contribution in [0.3, 0.4) is 0 Å². The van der Waals surface area contributed by atoms with Crippen LogP contribution in [-0.2, 0) is 11.2 Å². The summed E-state index contributed by atoms with van der Waals surface area (Å²) in [4.78, 5) is 37.9. The molecule has 2 unspecified atom stereocenters. The summed E-state index contributed by atoms with van der Waals surface area (Å²) < 4.78 is 0. The zero-order chi connectivity index (χ0) is 18.9. The highest BCUT2D eigenvalue weighted by Gasteiger charge is 2.54. The van der Waals surface area contributed by atoms with E-state index in [1.54, 1.807) is 18.6 Å².